The standard InChI is InChI=1S/C18H25N3O4S/c1-26(23,24)21(9-7-18(22)20-10-12-25-13-11-20)8-6-15-14-19-17-5-3-2-4-16(15)17/h2-5,14,19H,6-13H2,1H3. The van der Waals surface area contributed by atoms with E-state index in [1.165, 1.54) is 10.6 Å². The molecule has 0 saturated carbocycles. The molecule has 3 rings (SSSR count). The number of hydrogen-bond donors (Lipinski definition) is 1. The first-order valence-electron chi connectivity index (χ1n) is 8.81. The van der Waals surface area contributed by atoms with E-state index in [2.05, 4.69) is 4.98 Å². The van der Waals surface area contributed by atoms with E-state index in [0.717, 1.165) is 16.5 Å². The molecule has 1 aliphatic heterocycles. The molecule has 0 atom stereocenters. The minimum absolute atomic E-state index is 0.0194. The number of carbonyl (C=O) groups excluding carboxylic acids is 1. The first-order chi connectivity index (χ1) is 12.4. The van der Waals surface area contributed by atoms with Crippen LogP contribution in [0.1, 0.15) is 12.0 Å². The number of carbonyl (C=O) groups is 1. The maximum absolute atomic E-state index is 12.3. The van der Waals surface area contributed by atoms with E-state index in [4.69, 9.17) is 4.74 Å². The fourth-order valence-electron chi connectivity index (χ4n) is 3.22. The molecule has 0 spiro atoms. The van der Waals surface area contributed by atoms with E-state index in [1.54, 1.807) is 4.90 Å². The lowest BCUT2D eigenvalue weighted by atomic mass is 10.1. The van der Waals surface area contributed by atoms with Gasteiger partial charge in [-0.3, -0.25) is 4.79 Å². The molecular formula is C18H25N3O4S. The Morgan fingerprint density at radius 2 is 1.96 bits per heavy atom. The zero-order valence-corrected chi connectivity index (χ0v) is 15.8. The predicted molar refractivity (Wildman–Crippen MR) is 100 cm³/mol. The maximum Gasteiger partial charge on any atom is 0.224 e. The Balaban J connectivity index is 1.60. The summed E-state index contributed by atoms with van der Waals surface area (Å²) >= 11 is 0. The summed E-state index contributed by atoms with van der Waals surface area (Å²) in [6, 6.07) is 7.94. The third kappa shape index (κ3) is 4.63. The van der Waals surface area contributed by atoms with Gasteiger partial charge in [0.05, 0.1) is 19.5 Å². The third-order valence-corrected chi connectivity index (χ3v) is 6.02. The summed E-state index contributed by atoms with van der Waals surface area (Å²) in [7, 11) is -3.37. The lowest BCUT2D eigenvalue weighted by Crippen LogP contribution is -2.42. The van der Waals surface area contributed by atoms with Gasteiger partial charge in [0.2, 0.25) is 15.9 Å². The summed E-state index contributed by atoms with van der Waals surface area (Å²) < 4.78 is 30.9. The molecule has 1 aliphatic rings. The van der Waals surface area contributed by atoms with Crippen LogP contribution in [0, 0.1) is 0 Å². The summed E-state index contributed by atoms with van der Waals surface area (Å²) in [5, 5.41) is 1.10. The summed E-state index contributed by atoms with van der Waals surface area (Å²) in [6.45, 7) is 2.80. The maximum atomic E-state index is 12.3. The highest BCUT2D eigenvalue weighted by Crippen LogP contribution is 2.18. The molecule has 0 radical (unpaired) electrons. The number of fused-ring (bicyclic) bond motifs is 1. The number of sulfonamides is 1. The molecule has 0 aliphatic carbocycles. The summed E-state index contributed by atoms with van der Waals surface area (Å²) in [6.07, 6.45) is 3.91. The molecule has 1 aromatic carbocycles. The Hall–Kier alpha value is -1.90. The minimum Gasteiger partial charge on any atom is -0.378 e. The van der Waals surface area contributed by atoms with Crippen LogP contribution in [0.15, 0.2) is 30.5 Å². The first-order valence-corrected chi connectivity index (χ1v) is 10.7. The van der Waals surface area contributed by atoms with Crippen LogP contribution in [0.4, 0.5) is 0 Å². The van der Waals surface area contributed by atoms with E-state index >= 15 is 0 Å². The molecule has 1 aromatic heterocycles. The fourth-order valence-corrected chi connectivity index (χ4v) is 4.06. The van der Waals surface area contributed by atoms with Gasteiger partial charge in [-0.1, -0.05) is 18.2 Å². The lowest BCUT2D eigenvalue weighted by Gasteiger charge is -2.28. The Morgan fingerprint density at radius 1 is 1.23 bits per heavy atom. The Kier molecular flexibility index (Phi) is 5.95. The molecule has 2 heterocycles. The Bertz CT molecular complexity index is 856. The zero-order valence-electron chi connectivity index (χ0n) is 15.0. The van der Waals surface area contributed by atoms with Crippen molar-refractivity contribution in [2.24, 2.45) is 0 Å². The van der Waals surface area contributed by atoms with Gasteiger partial charge in [-0.15, -0.1) is 0 Å². The van der Waals surface area contributed by atoms with Crippen LogP contribution >= 0.6 is 0 Å². The molecule has 142 valence electrons. The molecular weight excluding hydrogens is 354 g/mol. The Morgan fingerprint density at radius 3 is 2.69 bits per heavy atom. The van der Waals surface area contributed by atoms with Crippen molar-refractivity contribution >= 4 is 26.8 Å². The number of nitrogens with one attached hydrogen (secondary N) is 1. The third-order valence-electron chi connectivity index (χ3n) is 4.71. The number of rotatable bonds is 7. The molecule has 8 heteroatoms. The molecule has 0 bridgehead atoms. The van der Waals surface area contributed by atoms with Crippen molar-refractivity contribution in [3.05, 3.63) is 36.0 Å². The SMILES string of the molecule is CS(=O)(=O)N(CCC(=O)N1CCOCC1)CCc1c[nH]c2ccccc12. The average Bonchev–Trinajstić information content (AvgIpc) is 3.04. The molecule has 1 fully saturated rings. The van der Waals surface area contributed by atoms with E-state index in [9.17, 15) is 13.2 Å². The van der Waals surface area contributed by atoms with Gasteiger partial charge in [0.15, 0.2) is 0 Å². The van der Waals surface area contributed by atoms with Crippen molar-refractivity contribution < 1.29 is 17.9 Å². The second kappa shape index (κ2) is 8.20. The van der Waals surface area contributed by atoms with Gasteiger partial charge in [0, 0.05) is 49.7 Å². The van der Waals surface area contributed by atoms with Crippen LogP contribution in [0.5, 0.6) is 0 Å². The molecule has 7 nitrogen and oxygen atoms in total. The number of para-hydroxylation sites is 1. The average molecular weight is 379 g/mol. The van der Waals surface area contributed by atoms with Crippen molar-refractivity contribution in [2.75, 3.05) is 45.6 Å². The molecule has 1 N–H and O–H groups in total. The van der Waals surface area contributed by atoms with Crippen molar-refractivity contribution in [1.82, 2.24) is 14.2 Å². The van der Waals surface area contributed by atoms with Crippen molar-refractivity contribution in [3.63, 3.8) is 0 Å². The lowest BCUT2D eigenvalue weighted by molar-refractivity contribution is -0.135. The van der Waals surface area contributed by atoms with Gasteiger partial charge in [-0.05, 0) is 18.1 Å². The fraction of sp³-hybridized carbons (Fsp3) is 0.500. The topological polar surface area (TPSA) is 82.7 Å². The number of amides is 1. The number of benzene rings is 1. The zero-order chi connectivity index (χ0) is 18.6. The van der Waals surface area contributed by atoms with Gasteiger partial charge < -0.3 is 14.6 Å². The summed E-state index contributed by atoms with van der Waals surface area (Å²) in [5.74, 6) is -0.0194. The molecule has 2 aromatic rings. The molecule has 26 heavy (non-hydrogen) atoms. The number of ether oxygens (including phenoxy) is 1. The van der Waals surface area contributed by atoms with Crippen LogP contribution in [0.25, 0.3) is 10.9 Å². The second-order valence-corrected chi connectivity index (χ2v) is 8.50. The van der Waals surface area contributed by atoms with Gasteiger partial charge in [-0.25, -0.2) is 12.7 Å². The van der Waals surface area contributed by atoms with Crippen molar-refractivity contribution in [3.8, 4) is 0 Å². The first kappa shape index (κ1) is 18.9. The highest BCUT2D eigenvalue weighted by Gasteiger charge is 2.21. The van der Waals surface area contributed by atoms with Gasteiger partial charge in [0.1, 0.15) is 0 Å². The van der Waals surface area contributed by atoms with Crippen LogP contribution in [0.2, 0.25) is 0 Å². The van der Waals surface area contributed by atoms with Gasteiger partial charge >= 0.3 is 0 Å². The number of H-pyrrole nitrogens is 1. The molecule has 1 amide bonds. The number of nitrogens with zero attached hydrogens (tertiary/aromatic N) is 2. The summed E-state index contributed by atoms with van der Waals surface area (Å²) in [5.41, 5.74) is 2.12. The van der Waals surface area contributed by atoms with Crippen molar-refractivity contribution in [1.29, 1.82) is 0 Å². The normalized spacial score (nSPS) is 15.7. The van der Waals surface area contributed by atoms with Crippen LogP contribution in [0.3, 0.4) is 0 Å². The Labute approximate surface area is 154 Å². The number of aromatic amines is 1. The second-order valence-electron chi connectivity index (χ2n) is 6.51. The van der Waals surface area contributed by atoms with E-state index in [1.807, 2.05) is 30.5 Å². The van der Waals surface area contributed by atoms with Crippen LogP contribution in [-0.2, 0) is 26.0 Å². The minimum atomic E-state index is -3.37. The van der Waals surface area contributed by atoms with E-state index < -0.39 is 10.0 Å². The largest absolute Gasteiger partial charge is 0.378 e. The van der Waals surface area contributed by atoms with E-state index in [0.29, 0.717) is 39.3 Å². The van der Waals surface area contributed by atoms with Gasteiger partial charge in [0.25, 0.3) is 0 Å². The highest BCUT2D eigenvalue weighted by molar-refractivity contribution is 7.88. The number of hydrogen-bond acceptors (Lipinski definition) is 4. The number of aromatic nitrogens is 1. The van der Waals surface area contributed by atoms with Gasteiger partial charge in [-0.2, -0.15) is 0 Å². The van der Waals surface area contributed by atoms with Crippen LogP contribution < -0.4 is 0 Å². The smallest absolute Gasteiger partial charge is 0.224 e. The van der Waals surface area contributed by atoms with Crippen molar-refractivity contribution in [2.45, 2.75) is 12.8 Å². The monoisotopic (exact) mass is 379 g/mol. The summed E-state index contributed by atoms with van der Waals surface area (Å²) in [4.78, 5) is 17.2. The molecule has 1 saturated heterocycles. The predicted octanol–water partition coefficient (Wildman–Crippen LogP) is 1.22. The highest BCUT2D eigenvalue weighted by atomic mass is 32.2. The van der Waals surface area contributed by atoms with Crippen LogP contribution in [-0.4, -0.2) is 74.2 Å². The van der Waals surface area contributed by atoms with E-state index in [-0.39, 0.29) is 18.9 Å². The quantitative estimate of drug-likeness (QED) is 0.784. The molecule has 0 unspecified atom stereocenters. The number of morpholine rings is 1.